The van der Waals surface area contributed by atoms with Crippen molar-refractivity contribution in [2.45, 2.75) is 0 Å². The fourth-order valence-electron chi connectivity index (χ4n) is 3.36. The number of aromatic nitrogens is 3. The van der Waals surface area contributed by atoms with E-state index in [4.69, 9.17) is 11.6 Å². The summed E-state index contributed by atoms with van der Waals surface area (Å²) in [5, 5.41) is 6.21. The number of piperazine rings is 1. The Balaban J connectivity index is 1.49. The van der Waals surface area contributed by atoms with Crippen molar-refractivity contribution in [3.63, 3.8) is 0 Å². The molecule has 1 aliphatic heterocycles. The summed E-state index contributed by atoms with van der Waals surface area (Å²) in [5.74, 6) is 0.757. The van der Waals surface area contributed by atoms with Gasteiger partial charge in [0.2, 0.25) is 5.95 Å². The molecular weight excluding hydrogens is 402 g/mol. The monoisotopic (exact) mass is 425 g/mol. The summed E-state index contributed by atoms with van der Waals surface area (Å²) in [4.78, 5) is 25.3. The molecule has 4 rings (SSSR count). The van der Waals surface area contributed by atoms with Crippen LogP contribution in [0.3, 0.4) is 0 Å². The Labute approximate surface area is 180 Å². The molecule has 0 spiro atoms. The highest BCUT2D eigenvalue weighted by atomic mass is 35.5. The molecule has 0 saturated carbocycles. The average molecular weight is 426 g/mol. The van der Waals surface area contributed by atoms with Crippen LogP contribution in [0.25, 0.3) is 5.82 Å². The molecule has 3 heterocycles. The molecule has 9 heteroatoms. The topological polar surface area (TPSA) is 78.3 Å². The van der Waals surface area contributed by atoms with Gasteiger partial charge in [0.1, 0.15) is 5.02 Å². The lowest BCUT2D eigenvalue weighted by Gasteiger charge is -2.34. The summed E-state index contributed by atoms with van der Waals surface area (Å²) >= 11 is 6.29. The van der Waals surface area contributed by atoms with Crippen LogP contribution in [0.2, 0.25) is 5.02 Å². The molecule has 2 aromatic heterocycles. The average Bonchev–Trinajstić information content (AvgIpc) is 3.26. The van der Waals surface area contributed by atoms with E-state index < -0.39 is 0 Å². The maximum Gasteiger partial charge on any atom is 0.252 e. The van der Waals surface area contributed by atoms with E-state index in [0.29, 0.717) is 22.4 Å². The van der Waals surface area contributed by atoms with Crippen LogP contribution < -0.4 is 15.5 Å². The largest absolute Gasteiger partial charge is 0.369 e. The SMILES string of the molecule is CNC(=O)c1ccn(-c2nc(Nc3ccc(N4CCN(C)CC4)cc3)ncc2Cl)c1. The quantitative estimate of drug-likeness (QED) is 0.654. The van der Waals surface area contributed by atoms with Gasteiger partial charge in [-0.25, -0.2) is 4.98 Å². The van der Waals surface area contributed by atoms with E-state index >= 15 is 0 Å². The number of carbonyl (C=O) groups excluding carboxylic acids is 1. The fourth-order valence-corrected chi connectivity index (χ4v) is 3.54. The molecule has 1 aromatic carbocycles. The second-order valence-electron chi connectivity index (χ2n) is 7.21. The minimum absolute atomic E-state index is 0.169. The summed E-state index contributed by atoms with van der Waals surface area (Å²) in [6.45, 7) is 4.20. The van der Waals surface area contributed by atoms with Crippen LogP contribution in [0.4, 0.5) is 17.3 Å². The molecule has 156 valence electrons. The number of hydrogen-bond acceptors (Lipinski definition) is 6. The van der Waals surface area contributed by atoms with E-state index in [9.17, 15) is 4.79 Å². The molecule has 0 aliphatic carbocycles. The second-order valence-corrected chi connectivity index (χ2v) is 7.62. The van der Waals surface area contributed by atoms with Crippen molar-refractivity contribution in [1.82, 2.24) is 24.8 Å². The van der Waals surface area contributed by atoms with Gasteiger partial charge >= 0.3 is 0 Å². The van der Waals surface area contributed by atoms with Gasteiger partial charge in [0.15, 0.2) is 5.82 Å². The van der Waals surface area contributed by atoms with Crippen molar-refractivity contribution in [2.75, 3.05) is 50.5 Å². The first-order chi connectivity index (χ1) is 14.5. The maximum absolute atomic E-state index is 11.8. The minimum atomic E-state index is -0.169. The Morgan fingerprint density at radius 1 is 1.10 bits per heavy atom. The van der Waals surface area contributed by atoms with Crippen LogP contribution in [0.15, 0.2) is 48.9 Å². The van der Waals surface area contributed by atoms with E-state index in [1.165, 1.54) is 5.69 Å². The van der Waals surface area contributed by atoms with Gasteiger partial charge in [-0.3, -0.25) is 4.79 Å². The van der Waals surface area contributed by atoms with E-state index in [1.807, 2.05) is 12.1 Å². The predicted molar refractivity (Wildman–Crippen MR) is 119 cm³/mol. The lowest BCUT2D eigenvalue weighted by molar-refractivity contribution is 0.0963. The predicted octanol–water partition coefficient (Wildman–Crippen LogP) is 2.78. The lowest BCUT2D eigenvalue weighted by atomic mass is 10.2. The number of nitrogens with one attached hydrogen (secondary N) is 2. The molecular formula is C21H24ClN7O. The third kappa shape index (κ3) is 4.39. The van der Waals surface area contributed by atoms with E-state index in [2.05, 4.69) is 49.6 Å². The number of halogens is 1. The van der Waals surface area contributed by atoms with Crippen LogP contribution >= 0.6 is 11.6 Å². The summed E-state index contributed by atoms with van der Waals surface area (Å²) < 4.78 is 1.70. The van der Waals surface area contributed by atoms with E-state index in [1.54, 1.807) is 36.3 Å². The van der Waals surface area contributed by atoms with Gasteiger partial charge in [-0.1, -0.05) is 11.6 Å². The zero-order valence-corrected chi connectivity index (χ0v) is 17.7. The molecule has 1 aliphatic rings. The highest BCUT2D eigenvalue weighted by Crippen LogP contribution is 2.23. The smallest absolute Gasteiger partial charge is 0.252 e. The maximum atomic E-state index is 11.8. The fraction of sp³-hybridized carbons (Fsp3) is 0.286. The second kappa shape index (κ2) is 8.73. The normalized spacial score (nSPS) is 14.6. The Kier molecular flexibility index (Phi) is 5.87. The zero-order chi connectivity index (χ0) is 21.1. The van der Waals surface area contributed by atoms with Crippen LogP contribution in [0.5, 0.6) is 0 Å². The summed E-state index contributed by atoms with van der Waals surface area (Å²) in [7, 11) is 3.74. The first-order valence-corrected chi connectivity index (χ1v) is 10.1. The first kappa shape index (κ1) is 20.2. The third-order valence-corrected chi connectivity index (χ3v) is 5.41. The first-order valence-electron chi connectivity index (χ1n) is 9.77. The van der Waals surface area contributed by atoms with Crippen molar-refractivity contribution < 1.29 is 4.79 Å². The van der Waals surface area contributed by atoms with Crippen molar-refractivity contribution in [3.8, 4) is 5.82 Å². The molecule has 0 unspecified atom stereocenters. The van der Waals surface area contributed by atoms with Crippen LogP contribution in [-0.2, 0) is 0 Å². The van der Waals surface area contributed by atoms with Gasteiger partial charge in [-0.05, 0) is 37.4 Å². The van der Waals surface area contributed by atoms with Crippen molar-refractivity contribution in [2.24, 2.45) is 0 Å². The van der Waals surface area contributed by atoms with Gasteiger partial charge in [0.05, 0.1) is 11.8 Å². The molecule has 3 aromatic rings. The van der Waals surface area contributed by atoms with Gasteiger partial charge in [-0.15, -0.1) is 0 Å². The van der Waals surface area contributed by atoms with Crippen molar-refractivity contribution in [3.05, 3.63) is 59.5 Å². The Bertz CT molecular complexity index is 1030. The molecule has 2 N–H and O–H groups in total. The standard InChI is InChI=1S/C21H24ClN7O/c1-23-20(30)15-7-8-29(14-15)19-18(22)13-24-21(26-19)25-16-3-5-17(6-4-16)28-11-9-27(2)10-12-28/h3-8,13-14H,9-12H2,1-2H3,(H,23,30)(H,24,25,26). The molecule has 8 nitrogen and oxygen atoms in total. The molecule has 0 radical (unpaired) electrons. The van der Waals surface area contributed by atoms with Crippen molar-refractivity contribution in [1.29, 1.82) is 0 Å². The van der Waals surface area contributed by atoms with E-state index in [0.717, 1.165) is 31.9 Å². The summed E-state index contributed by atoms with van der Waals surface area (Å²) in [6, 6.07) is 9.95. The molecule has 0 atom stereocenters. The Hall–Kier alpha value is -3.10. The van der Waals surface area contributed by atoms with Gasteiger partial charge < -0.3 is 25.0 Å². The van der Waals surface area contributed by atoms with E-state index in [-0.39, 0.29) is 5.91 Å². The number of carbonyl (C=O) groups is 1. The Morgan fingerprint density at radius 2 is 1.83 bits per heavy atom. The van der Waals surface area contributed by atoms with Gasteiger partial charge in [0, 0.05) is 57.0 Å². The van der Waals surface area contributed by atoms with Gasteiger partial charge in [0.25, 0.3) is 5.91 Å². The lowest BCUT2D eigenvalue weighted by Crippen LogP contribution is -2.44. The van der Waals surface area contributed by atoms with Gasteiger partial charge in [-0.2, -0.15) is 4.98 Å². The van der Waals surface area contributed by atoms with Crippen molar-refractivity contribution >= 4 is 34.8 Å². The number of amides is 1. The van der Waals surface area contributed by atoms with Crippen LogP contribution in [-0.4, -0.2) is 65.6 Å². The highest BCUT2D eigenvalue weighted by Gasteiger charge is 2.14. The number of benzene rings is 1. The molecule has 1 amide bonds. The third-order valence-electron chi connectivity index (χ3n) is 5.14. The number of anilines is 3. The number of likely N-dealkylation sites (N-methyl/N-ethyl adjacent to an activating group) is 1. The summed E-state index contributed by atoms with van der Waals surface area (Å²) in [5.41, 5.74) is 2.63. The van der Waals surface area contributed by atoms with Crippen LogP contribution in [0.1, 0.15) is 10.4 Å². The van der Waals surface area contributed by atoms with Crippen LogP contribution in [0, 0.1) is 0 Å². The number of hydrogen-bond donors (Lipinski definition) is 2. The molecule has 1 fully saturated rings. The minimum Gasteiger partial charge on any atom is -0.369 e. The number of rotatable bonds is 5. The molecule has 30 heavy (non-hydrogen) atoms. The summed E-state index contributed by atoms with van der Waals surface area (Å²) in [6.07, 6.45) is 4.97. The number of nitrogens with zero attached hydrogens (tertiary/aromatic N) is 5. The molecule has 0 bridgehead atoms. The molecule has 1 saturated heterocycles. The Morgan fingerprint density at radius 3 is 2.53 bits per heavy atom. The zero-order valence-electron chi connectivity index (χ0n) is 17.0. The highest BCUT2D eigenvalue weighted by molar-refractivity contribution is 6.32.